The van der Waals surface area contributed by atoms with Gasteiger partial charge in [-0.3, -0.25) is 0 Å². The molecule has 0 amide bonds. The molecule has 0 N–H and O–H groups in total. The Morgan fingerprint density at radius 2 is 1.70 bits per heavy atom. The van der Waals surface area contributed by atoms with E-state index in [2.05, 4.69) is 6.58 Å². The largest absolute Gasteiger partial charge is 0.503 e. The quantitative estimate of drug-likeness (QED) is 0.240. The SMILES string of the molecule is C=CC(=O)OC(CC)O[Si](CC)(OCCC)OCCC. The third-order valence-corrected chi connectivity index (χ3v) is 5.32. The maximum absolute atomic E-state index is 11.3. The highest BCUT2D eigenvalue weighted by Gasteiger charge is 2.42. The lowest BCUT2D eigenvalue weighted by Crippen LogP contribution is -2.49. The van der Waals surface area contributed by atoms with Crippen molar-refractivity contribution in [1.82, 2.24) is 0 Å². The normalized spacial score (nSPS) is 13.0. The van der Waals surface area contributed by atoms with Crippen LogP contribution in [0.25, 0.3) is 0 Å². The van der Waals surface area contributed by atoms with Gasteiger partial charge in [0, 0.05) is 31.8 Å². The summed E-state index contributed by atoms with van der Waals surface area (Å²) >= 11 is 0. The van der Waals surface area contributed by atoms with Crippen LogP contribution in [0.1, 0.15) is 47.0 Å². The minimum Gasteiger partial charge on any atom is -0.433 e. The van der Waals surface area contributed by atoms with Crippen LogP contribution in [-0.4, -0.2) is 34.3 Å². The zero-order valence-electron chi connectivity index (χ0n) is 13.1. The maximum Gasteiger partial charge on any atom is 0.503 e. The Morgan fingerprint density at radius 1 is 1.15 bits per heavy atom. The van der Waals surface area contributed by atoms with Crippen molar-refractivity contribution in [3.05, 3.63) is 12.7 Å². The lowest BCUT2D eigenvalue weighted by Gasteiger charge is -2.31. The van der Waals surface area contributed by atoms with E-state index in [4.69, 9.17) is 18.0 Å². The molecule has 6 heteroatoms. The summed E-state index contributed by atoms with van der Waals surface area (Å²) in [6.45, 7) is 12.5. The fraction of sp³-hybridized carbons (Fsp3) is 0.786. The molecule has 1 atom stereocenters. The number of carbonyl (C=O) groups is 1. The average molecular weight is 304 g/mol. The molecule has 0 aromatic carbocycles. The first kappa shape index (κ1) is 19.3. The molecule has 0 bridgehead atoms. The van der Waals surface area contributed by atoms with Crippen molar-refractivity contribution in [2.75, 3.05) is 13.2 Å². The molecule has 0 aliphatic heterocycles. The molecule has 5 nitrogen and oxygen atoms in total. The van der Waals surface area contributed by atoms with Gasteiger partial charge in [-0.15, -0.1) is 0 Å². The second-order valence-electron chi connectivity index (χ2n) is 4.33. The van der Waals surface area contributed by atoms with Crippen LogP contribution in [0, 0.1) is 0 Å². The van der Waals surface area contributed by atoms with Gasteiger partial charge in [0.2, 0.25) is 0 Å². The van der Waals surface area contributed by atoms with Gasteiger partial charge >= 0.3 is 14.8 Å². The standard InChI is InChI=1S/C14H28O5Si/c1-6-11-16-20(10-5,17-12-7-2)19-14(9-4)18-13(15)8-3/h8,14H,3,6-7,9-12H2,1-2,4-5H3. The number of esters is 1. The van der Waals surface area contributed by atoms with Crippen LogP contribution in [-0.2, 0) is 22.8 Å². The second kappa shape index (κ2) is 11.0. The summed E-state index contributed by atoms with van der Waals surface area (Å²) in [7, 11) is -2.79. The van der Waals surface area contributed by atoms with Gasteiger partial charge in [-0.2, -0.15) is 0 Å². The van der Waals surface area contributed by atoms with E-state index >= 15 is 0 Å². The molecule has 0 aromatic heterocycles. The Hall–Kier alpha value is -0.693. The maximum atomic E-state index is 11.3. The van der Waals surface area contributed by atoms with Crippen LogP contribution in [0.4, 0.5) is 0 Å². The van der Waals surface area contributed by atoms with Crippen LogP contribution in [0.2, 0.25) is 6.04 Å². The van der Waals surface area contributed by atoms with Crippen molar-refractivity contribution in [2.45, 2.75) is 59.3 Å². The lowest BCUT2D eigenvalue weighted by molar-refractivity contribution is -0.165. The van der Waals surface area contributed by atoms with E-state index in [-0.39, 0.29) is 0 Å². The minimum absolute atomic E-state index is 0.498. The first-order valence-corrected chi connectivity index (χ1v) is 9.29. The predicted octanol–water partition coefficient (Wildman–Crippen LogP) is 3.28. The molecule has 0 radical (unpaired) electrons. The van der Waals surface area contributed by atoms with E-state index in [0.29, 0.717) is 25.7 Å². The van der Waals surface area contributed by atoms with Crippen LogP contribution in [0.3, 0.4) is 0 Å². The minimum atomic E-state index is -2.79. The molecule has 0 saturated heterocycles. The van der Waals surface area contributed by atoms with Crippen LogP contribution < -0.4 is 0 Å². The summed E-state index contributed by atoms with van der Waals surface area (Å²) in [6.07, 6.45) is 2.79. The molecule has 0 spiro atoms. The van der Waals surface area contributed by atoms with Gasteiger partial charge in [0.25, 0.3) is 0 Å². The second-order valence-corrected chi connectivity index (χ2v) is 7.22. The highest BCUT2D eigenvalue weighted by molar-refractivity contribution is 6.60. The molecule has 0 fully saturated rings. The number of rotatable bonds is 12. The van der Waals surface area contributed by atoms with Crippen molar-refractivity contribution in [2.24, 2.45) is 0 Å². The van der Waals surface area contributed by atoms with Crippen LogP contribution in [0.15, 0.2) is 12.7 Å². The van der Waals surface area contributed by atoms with Crippen LogP contribution in [0.5, 0.6) is 0 Å². The molecule has 0 aliphatic carbocycles. The van der Waals surface area contributed by atoms with E-state index in [1.54, 1.807) is 0 Å². The smallest absolute Gasteiger partial charge is 0.433 e. The van der Waals surface area contributed by atoms with E-state index < -0.39 is 21.1 Å². The zero-order valence-corrected chi connectivity index (χ0v) is 14.1. The van der Waals surface area contributed by atoms with E-state index in [9.17, 15) is 4.79 Å². The number of ether oxygens (including phenoxy) is 1. The van der Waals surface area contributed by atoms with Gasteiger partial charge in [0.15, 0.2) is 6.29 Å². The van der Waals surface area contributed by atoms with Gasteiger partial charge in [-0.1, -0.05) is 34.3 Å². The molecule has 118 valence electrons. The molecular formula is C14H28O5Si. The third-order valence-electron chi connectivity index (χ3n) is 2.54. The Balaban J connectivity index is 4.78. The molecule has 0 aromatic rings. The molecule has 0 rings (SSSR count). The molecule has 20 heavy (non-hydrogen) atoms. The van der Waals surface area contributed by atoms with Gasteiger partial charge in [-0.05, 0) is 12.8 Å². The fourth-order valence-corrected chi connectivity index (χ4v) is 3.92. The van der Waals surface area contributed by atoms with Gasteiger partial charge in [-0.25, -0.2) is 4.79 Å². The van der Waals surface area contributed by atoms with Crippen LogP contribution >= 0.6 is 0 Å². The molecule has 1 unspecified atom stereocenters. The monoisotopic (exact) mass is 304 g/mol. The summed E-state index contributed by atoms with van der Waals surface area (Å²) in [5.74, 6) is -0.498. The van der Waals surface area contributed by atoms with Crippen molar-refractivity contribution >= 4 is 14.8 Å². The Labute approximate surface area is 123 Å². The lowest BCUT2D eigenvalue weighted by atomic mass is 10.5. The molecule has 0 saturated carbocycles. The summed E-state index contributed by atoms with van der Waals surface area (Å²) < 4.78 is 22.8. The highest BCUT2D eigenvalue weighted by Crippen LogP contribution is 2.20. The predicted molar refractivity (Wildman–Crippen MR) is 80.2 cm³/mol. The summed E-state index contributed by atoms with van der Waals surface area (Å²) in [5.41, 5.74) is 0. The molecule has 0 heterocycles. The summed E-state index contributed by atoms with van der Waals surface area (Å²) in [6, 6.07) is 0.648. The number of carbonyl (C=O) groups excluding carboxylic acids is 1. The first-order chi connectivity index (χ1) is 9.57. The first-order valence-electron chi connectivity index (χ1n) is 7.36. The Morgan fingerprint density at radius 3 is 2.05 bits per heavy atom. The average Bonchev–Trinajstić information content (AvgIpc) is 2.48. The van der Waals surface area contributed by atoms with Gasteiger partial charge in [0.1, 0.15) is 0 Å². The Kier molecular flexibility index (Phi) is 10.6. The summed E-state index contributed by atoms with van der Waals surface area (Å²) in [5, 5.41) is 0. The third kappa shape index (κ3) is 7.19. The van der Waals surface area contributed by atoms with Crippen molar-refractivity contribution in [3.63, 3.8) is 0 Å². The van der Waals surface area contributed by atoms with Gasteiger partial charge in [0.05, 0.1) is 0 Å². The number of hydrogen-bond donors (Lipinski definition) is 0. The fourth-order valence-electron chi connectivity index (χ4n) is 1.48. The summed E-state index contributed by atoms with van der Waals surface area (Å²) in [4.78, 5) is 11.3. The number of hydrogen-bond acceptors (Lipinski definition) is 5. The Bertz CT molecular complexity index is 275. The van der Waals surface area contributed by atoms with E-state index in [1.807, 2.05) is 27.7 Å². The van der Waals surface area contributed by atoms with Crippen molar-refractivity contribution in [1.29, 1.82) is 0 Å². The molecular weight excluding hydrogens is 276 g/mol. The van der Waals surface area contributed by atoms with E-state index in [0.717, 1.165) is 18.9 Å². The van der Waals surface area contributed by atoms with Crippen molar-refractivity contribution in [3.8, 4) is 0 Å². The van der Waals surface area contributed by atoms with Crippen molar-refractivity contribution < 1.29 is 22.8 Å². The van der Waals surface area contributed by atoms with Gasteiger partial charge < -0.3 is 18.0 Å². The topological polar surface area (TPSA) is 54.0 Å². The highest BCUT2D eigenvalue weighted by atomic mass is 28.4. The van der Waals surface area contributed by atoms with E-state index in [1.165, 1.54) is 0 Å². The molecule has 0 aliphatic rings. The zero-order chi connectivity index (χ0) is 15.4.